The number of hydrogen-bond donors (Lipinski definition) is 1. The van der Waals surface area contributed by atoms with Gasteiger partial charge in [0, 0.05) is 4.47 Å². The molecule has 0 spiro atoms. The Bertz CT molecular complexity index is 526. The molecule has 0 fully saturated rings. The summed E-state index contributed by atoms with van der Waals surface area (Å²) in [6.07, 6.45) is 0. The maximum Gasteiger partial charge on any atom is 0.328 e. The molecule has 0 aliphatic carbocycles. The molecule has 0 aliphatic heterocycles. The van der Waals surface area contributed by atoms with Crippen molar-refractivity contribution in [2.24, 2.45) is 0 Å². The second-order valence-electron chi connectivity index (χ2n) is 5.35. The molecule has 0 aliphatic rings. The summed E-state index contributed by atoms with van der Waals surface area (Å²) in [7, 11) is 0. The number of halogens is 2. The number of esters is 1. The molecule has 4 nitrogen and oxygen atoms in total. The third kappa shape index (κ3) is 5.13. The summed E-state index contributed by atoms with van der Waals surface area (Å²) in [5.74, 6) is -0.903. The van der Waals surface area contributed by atoms with Crippen molar-refractivity contribution in [2.75, 3.05) is 0 Å². The van der Waals surface area contributed by atoms with E-state index in [1.807, 2.05) is 0 Å². The first-order valence-electron chi connectivity index (χ1n) is 6.09. The van der Waals surface area contributed by atoms with Crippen LogP contribution in [0.3, 0.4) is 0 Å². The van der Waals surface area contributed by atoms with Crippen molar-refractivity contribution in [3.05, 3.63) is 33.3 Å². The molecule has 20 heavy (non-hydrogen) atoms. The molecule has 6 heteroatoms. The van der Waals surface area contributed by atoms with Gasteiger partial charge >= 0.3 is 5.97 Å². The van der Waals surface area contributed by atoms with E-state index in [-0.39, 0.29) is 0 Å². The first kappa shape index (κ1) is 17.0. The highest BCUT2D eigenvalue weighted by Crippen LogP contribution is 2.21. The highest BCUT2D eigenvalue weighted by atomic mass is 79.9. The van der Waals surface area contributed by atoms with E-state index in [9.17, 15) is 9.59 Å². The number of carbonyl (C=O) groups is 2. The SMILES string of the molecule is C[C@@H](NC(=O)c1ccc(Br)cc1Cl)C(=O)OC(C)(C)C. The third-order valence-corrected chi connectivity index (χ3v) is 3.09. The quantitative estimate of drug-likeness (QED) is 0.836. The van der Waals surface area contributed by atoms with Crippen LogP contribution in [0.15, 0.2) is 22.7 Å². The third-order valence-electron chi connectivity index (χ3n) is 2.28. The van der Waals surface area contributed by atoms with Crippen LogP contribution in [0.4, 0.5) is 0 Å². The lowest BCUT2D eigenvalue weighted by molar-refractivity contribution is -0.156. The van der Waals surface area contributed by atoms with Gasteiger partial charge in [-0.25, -0.2) is 4.79 Å². The van der Waals surface area contributed by atoms with Crippen LogP contribution in [0.2, 0.25) is 5.02 Å². The van der Waals surface area contributed by atoms with Crippen molar-refractivity contribution in [2.45, 2.75) is 39.3 Å². The monoisotopic (exact) mass is 361 g/mol. The van der Waals surface area contributed by atoms with Crippen LogP contribution in [0.1, 0.15) is 38.1 Å². The van der Waals surface area contributed by atoms with Crippen LogP contribution in [0, 0.1) is 0 Å². The fraction of sp³-hybridized carbons (Fsp3) is 0.429. The molecular weight excluding hydrogens is 346 g/mol. The molecule has 1 rings (SSSR count). The topological polar surface area (TPSA) is 55.4 Å². The number of amides is 1. The number of nitrogens with one attached hydrogen (secondary N) is 1. The smallest absolute Gasteiger partial charge is 0.328 e. The second-order valence-corrected chi connectivity index (χ2v) is 6.68. The molecule has 1 atom stereocenters. The van der Waals surface area contributed by atoms with Crippen molar-refractivity contribution < 1.29 is 14.3 Å². The van der Waals surface area contributed by atoms with Crippen molar-refractivity contribution in [3.8, 4) is 0 Å². The molecule has 1 aromatic carbocycles. The Morgan fingerprint density at radius 3 is 2.45 bits per heavy atom. The molecule has 0 aromatic heterocycles. The molecule has 110 valence electrons. The molecule has 0 saturated carbocycles. The van der Waals surface area contributed by atoms with Crippen LogP contribution in [0.25, 0.3) is 0 Å². The summed E-state index contributed by atoms with van der Waals surface area (Å²) in [4.78, 5) is 23.8. The Morgan fingerprint density at radius 2 is 1.95 bits per heavy atom. The van der Waals surface area contributed by atoms with E-state index in [0.717, 1.165) is 4.47 Å². The fourth-order valence-electron chi connectivity index (χ4n) is 1.40. The zero-order chi connectivity index (χ0) is 15.5. The van der Waals surface area contributed by atoms with E-state index < -0.39 is 23.5 Å². The lowest BCUT2D eigenvalue weighted by atomic mass is 10.2. The zero-order valence-corrected chi connectivity index (χ0v) is 14.1. The summed E-state index contributed by atoms with van der Waals surface area (Å²) in [5.41, 5.74) is -0.281. The van der Waals surface area contributed by atoms with Gasteiger partial charge in [0.2, 0.25) is 0 Å². The highest BCUT2D eigenvalue weighted by molar-refractivity contribution is 9.10. The van der Waals surface area contributed by atoms with Crippen LogP contribution in [-0.4, -0.2) is 23.5 Å². The van der Waals surface area contributed by atoms with Crippen LogP contribution >= 0.6 is 27.5 Å². The standard InChI is InChI=1S/C14H17BrClNO3/c1-8(13(19)20-14(2,3)4)17-12(18)10-6-5-9(15)7-11(10)16/h5-8H,1-4H3,(H,17,18)/t8-/m1/s1. The Labute approximate surface area is 132 Å². The maximum absolute atomic E-state index is 12.0. The molecule has 1 N–H and O–H groups in total. The predicted molar refractivity (Wildman–Crippen MR) is 81.9 cm³/mol. The van der Waals surface area contributed by atoms with E-state index >= 15 is 0 Å². The lowest BCUT2D eigenvalue weighted by Crippen LogP contribution is -2.42. The first-order valence-corrected chi connectivity index (χ1v) is 7.26. The van der Waals surface area contributed by atoms with Gasteiger partial charge in [-0.2, -0.15) is 0 Å². The lowest BCUT2D eigenvalue weighted by Gasteiger charge is -2.22. The zero-order valence-electron chi connectivity index (χ0n) is 11.8. The molecule has 1 amide bonds. The summed E-state index contributed by atoms with van der Waals surface area (Å²) >= 11 is 9.25. The molecule has 1 aromatic rings. The predicted octanol–water partition coefficient (Wildman–Crippen LogP) is 3.56. The molecule has 0 radical (unpaired) electrons. The largest absolute Gasteiger partial charge is 0.458 e. The van der Waals surface area contributed by atoms with Crippen molar-refractivity contribution >= 4 is 39.4 Å². The number of benzene rings is 1. The van der Waals surface area contributed by atoms with Gasteiger partial charge in [0.15, 0.2) is 0 Å². The number of ether oxygens (including phenoxy) is 1. The van der Waals surface area contributed by atoms with Crippen molar-refractivity contribution in [1.82, 2.24) is 5.32 Å². The molecule has 0 heterocycles. The van der Waals surface area contributed by atoms with E-state index in [2.05, 4.69) is 21.2 Å². The Morgan fingerprint density at radius 1 is 1.35 bits per heavy atom. The fourth-order valence-corrected chi connectivity index (χ4v) is 2.16. The second kappa shape index (κ2) is 6.59. The number of rotatable bonds is 3. The summed E-state index contributed by atoms with van der Waals surface area (Å²) in [5, 5.41) is 2.88. The Balaban J connectivity index is 2.73. The van der Waals surface area contributed by atoms with Crippen LogP contribution in [0.5, 0.6) is 0 Å². The van der Waals surface area contributed by atoms with Gasteiger partial charge in [0.1, 0.15) is 11.6 Å². The highest BCUT2D eigenvalue weighted by Gasteiger charge is 2.23. The van der Waals surface area contributed by atoms with Gasteiger partial charge in [0.05, 0.1) is 10.6 Å². The minimum absolute atomic E-state index is 0.310. The minimum atomic E-state index is -0.749. The van der Waals surface area contributed by atoms with Gasteiger partial charge in [0.25, 0.3) is 5.91 Å². The van der Waals surface area contributed by atoms with E-state index in [1.165, 1.54) is 0 Å². The van der Waals surface area contributed by atoms with Crippen molar-refractivity contribution in [1.29, 1.82) is 0 Å². The van der Waals surface area contributed by atoms with Gasteiger partial charge in [-0.3, -0.25) is 4.79 Å². The summed E-state index contributed by atoms with van der Waals surface area (Å²) in [6, 6.07) is 4.17. The molecular formula is C14H17BrClNO3. The van der Waals surface area contributed by atoms with Crippen LogP contribution < -0.4 is 5.32 Å². The normalized spacial score (nSPS) is 12.7. The van der Waals surface area contributed by atoms with E-state index in [1.54, 1.807) is 45.9 Å². The number of hydrogen-bond acceptors (Lipinski definition) is 3. The Kier molecular flexibility index (Phi) is 5.59. The minimum Gasteiger partial charge on any atom is -0.458 e. The average molecular weight is 363 g/mol. The van der Waals surface area contributed by atoms with Gasteiger partial charge in [-0.05, 0) is 45.9 Å². The molecule has 0 bridgehead atoms. The summed E-state index contributed by atoms with van der Waals surface area (Å²) < 4.78 is 5.97. The van der Waals surface area contributed by atoms with E-state index in [0.29, 0.717) is 10.6 Å². The first-order chi connectivity index (χ1) is 9.10. The van der Waals surface area contributed by atoms with Crippen molar-refractivity contribution in [3.63, 3.8) is 0 Å². The van der Waals surface area contributed by atoms with Gasteiger partial charge < -0.3 is 10.1 Å². The summed E-state index contributed by atoms with van der Waals surface area (Å²) in [6.45, 7) is 6.87. The maximum atomic E-state index is 12.0. The molecule has 0 unspecified atom stereocenters. The van der Waals surface area contributed by atoms with Crippen LogP contribution in [-0.2, 0) is 9.53 Å². The van der Waals surface area contributed by atoms with E-state index in [4.69, 9.17) is 16.3 Å². The number of carbonyl (C=O) groups excluding carboxylic acids is 2. The Hall–Kier alpha value is -1.07. The molecule has 0 saturated heterocycles. The van der Waals surface area contributed by atoms with Gasteiger partial charge in [-0.1, -0.05) is 27.5 Å². The average Bonchev–Trinajstić information content (AvgIpc) is 2.26. The van der Waals surface area contributed by atoms with Gasteiger partial charge in [-0.15, -0.1) is 0 Å².